The Bertz CT molecular complexity index is 2400. The summed E-state index contributed by atoms with van der Waals surface area (Å²) >= 11 is 11.2. The van der Waals surface area contributed by atoms with Gasteiger partial charge in [0.05, 0.1) is 40.6 Å². The van der Waals surface area contributed by atoms with Gasteiger partial charge in [-0.05, 0) is 89.5 Å². The number of benzene rings is 4. The molecule has 4 aromatic carbocycles. The van der Waals surface area contributed by atoms with E-state index in [1.54, 1.807) is 6.07 Å². The van der Waals surface area contributed by atoms with E-state index in [4.69, 9.17) is 25.4 Å². The van der Waals surface area contributed by atoms with Crippen molar-refractivity contribution in [3.8, 4) is 5.75 Å². The largest absolute Gasteiger partial charge is 1.00 e. The quantitative estimate of drug-likeness (QED) is 0.0109. The molecule has 5 aromatic rings. The molecule has 54 heavy (non-hydrogen) atoms. The molecule has 0 aliphatic rings. The van der Waals surface area contributed by atoms with Crippen molar-refractivity contribution in [3.63, 3.8) is 0 Å². The van der Waals surface area contributed by atoms with Crippen molar-refractivity contribution in [2.24, 2.45) is 15.2 Å². The molecule has 1 aromatic heterocycles. The summed E-state index contributed by atoms with van der Waals surface area (Å²) in [6, 6.07) is 18.7. The molecule has 0 aliphatic heterocycles. The van der Waals surface area contributed by atoms with Crippen molar-refractivity contribution in [3.05, 3.63) is 83.6 Å². The van der Waals surface area contributed by atoms with Gasteiger partial charge >= 0.3 is 69.5 Å². The molecular formula is C29H23ClN8Na2O10S4. The van der Waals surface area contributed by atoms with Crippen molar-refractivity contribution in [1.82, 2.24) is 15.0 Å². The number of thiol groups is 1. The number of halogens is 1. The first kappa shape index (κ1) is 45.9. The molecule has 5 rings (SSSR count). The predicted octanol–water partition coefficient (Wildman–Crippen LogP) is -0.0646. The Kier molecular flexibility index (Phi) is 17.5. The first-order valence-electron chi connectivity index (χ1n) is 14.3. The summed E-state index contributed by atoms with van der Waals surface area (Å²) in [5.41, 5.74) is 1.47. The number of anilines is 3. The van der Waals surface area contributed by atoms with Crippen LogP contribution in [0, 0.1) is 6.92 Å². The summed E-state index contributed by atoms with van der Waals surface area (Å²) in [4.78, 5) is 21.0. The number of nitrogens with one attached hydrogen (secondary N) is 2. The second-order valence-corrected chi connectivity index (χ2v) is 14.1. The number of fused-ring (bicyclic) bond motifs is 1. The van der Waals surface area contributed by atoms with E-state index < -0.39 is 43.5 Å². The Morgan fingerprint density at radius 1 is 0.944 bits per heavy atom. The number of azo groups is 1. The fourth-order valence-electron chi connectivity index (χ4n) is 4.19. The molecule has 1 heterocycles. The average molecular weight is 853 g/mol. The summed E-state index contributed by atoms with van der Waals surface area (Å²) in [6.45, 7) is 1.14. The number of hydrogen-bond acceptors (Lipinski definition) is 17. The van der Waals surface area contributed by atoms with Crippen LogP contribution in [0.1, 0.15) is 5.56 Å². The third-order valence-corrected chi connectivity index (χ3v) is 8.63. The van der Waals surface area contributed by atoms with Crippen molar-refractivity contribution in [2.45, 2.75) is 16.7 Å². The number of hydrogen-bond donors (Lipinski definition) is 4. The molecule has 0 aliphatic carbocycles. The van der Waals surface area contributed by atoms with Gasteiger partial charge in [-0.25, -0.2) is 22.5 Å². The number of aryl methyl sites for hydroxylation is 1. The fourth-order valence-corrected chi connectivity index (χ4v) is 5.92. The Morgan fingerprint density at radius 3 is 2.35 bits per heavy atom. The van der Waals surface area contributed by atoms with Gasteiger partial charge in [-0.1, -0.05) is 23.9 Å². The van der Waals surface area contributed by atoms with Crippen LogP contribution in [0.5, 0.6) is 5.75 Å². The van der Waals surface area contributed by atoms with Gasteiger partial charge in [0.2, 0.25) is 17.2 Å². The van der Waals surface area contributed by atoms with Crippen molar-refractivity contribution in [1.29, 1.82) is 0 Å². The van der Waals surface area contributed by atoms with Gasteiger partial charge < -0.3 is 20.3 Å². The van der Waals surface area contributed by atoms with E-state index in [0.717, 1.165) is 23.7 Å². The molecule has 3 N–H and O–H groups in total. The Morgan fingerprint density at radius 2 is 1.67 bits per heavy atom. The zero-order valence-electron chi connectivity index (χ0n) is 28.2. The van der Waals surface area contributed by atoms with Crippen LogP contribution in [-0.4, -0.2) is 59.3 Å². The molecule has 25 heteroatoms. The molecule has 0 saturated carbocycles. The number of nitrogens with zero attached hydrogens (tertiary/aromatic N) is 6. The van der Waals surface area contributed by atoms with Crippen molar-refractivity contribution >= 4 is 107 Å². The molecule has 0 atom stereocenters. The first-order valence-corrected chi connectivity index (χ1v) is 18.6. The minimum atomic E-state index is -5.19. The van der Waals surface area contributed by atoms with E-state index in [-0.39, 0.29) is 105 Å². The van der Waals surface area contributed by atoms with Crippen molar-refractivity contribution < 1.29 is 104 Å². The normalized spacial score (nSPS) is 12.0. The number of amidine groups is 1. The van der Waals surface area contributed by atoms with Gasteiger partial charge in [-0.15, -0.1) is 17.7 Å². The van der Waals surface area contributed by atoms with Crippen LogP contribution in [0.2, 0.25) is 5.28 Å². The van der Waals surface area contributed by atoms with E-state index >= 15 is 0 Å². The van der Waals surface area contributed by atoms with Crippen LogP contribution in [-0.2, 0) is 33.9 Å². The van der Waals surface area contributed by atoms with Crippen LogP contribution < -0.4 is 74.9 Å². The molecule has 0 amide bonds. The standard InChI is InChI=1S/C29H25ClN8O10S4.2Na/c1-16-3-2-4-19(13-16)32-29(49)36-28-34-26(30)33-27(35-28)31-20-7-10-22-17(14-20)15-23(51(40,41)42)24(25(22)39)38-37-18-5-8-21(9-6-18)50-48-46-11-12-47-52(43,44)45;;/h2-10,13-15,39H,11-12H2,1H3,(H,40,41,42)(H,43,44,45)(H3,31,32,33,34,35,36,49);;/q;2*+1/p-2. The van der Waals surface area contributed by atoms with Gasteiger partial charge in [-0.3, -0.25) is 4.55 Å². The van der Waals surface area contributed by atoms with Gasteiger partial charge in [0, 0.05) is 10.6 Å². The molecule has 0 bridgehead atoms. The molecule has 272 valence electrons. The summed E-state index contributed by atoms with van der Waals surface area (Å²) < 4.78 is 75.1. The predicted molar refractivity (Wildman–Crippen MR) is 191 cm³/mol. The summed E-state index contributed by atoms with van der Waals surface area (Å²) in [5, 5.41) is 27.0. The number of aromatic nitrogens is 3. The Labute approximate surface area is 367 Å². The van der Waals surface area contributed by atoms with Crippen LogP contribution in [0.25, 0.3) is 10.8 Å². The monoisotopic (exact) mass is 852 g/mol. The van der Waals surface area contributed by atoms with E-state index in [1.807, 2.05) is 25.1 Å². The molecule has 0 saturated heterocycles. The minimum absolute atomic E-state index is 0. The molecule has 0 fully saturated rings. The van der Waals surface area contributed by atoms with Gasteiger partial charge in [0.1, 0.15) is 16.7 Å². The van der Waals surface area contributed by atoms with E-state index in [2.05, 4.69) is 57.6 Å². The summed E-state index contributed by atoms with van der Waals surface area (Å²) in [6.07, 6.45) is 0. The van der Waals surface area contributed by atoms with Crippen LogP contribution in [0.15, 0.2) is 97.8 Å². The van der Waals surface area contributed by atoms with Gasteiger partial charge in [0.15, 0.2) is 5.17 Å². The minimum Gasteiger partial charge on any atom is -0.871 e. The molecular weight excluding hydrogens is 830 g/mol. The fraction of sp³-hybridized carbons (Fsp3) is 0.103. The topological polar surface area (TPSA) is 262 Å². The van der Waals surface area contributed by atoms with Crippen LogP contribution in [0.3, 0.4) is 0 Å². The average Bonchev–Trinajstić information content (AvgIpc) is 3.05. The van der Waals surface area contributed by atoms with E-state index in [9.17, 15) is 26.5 Å². The van der Waals surface area contributed by atoms with Crippen LogP contribution >= 0.6 is 36.3 Å². The second kappa shape index (κ2) is 20.6. The third-order valence-electron chi connectivity index (χ3n) is 6.30. The zero-order valence-corrected chi connectivity index (χ0v) is 36.3. The van der Waals surface area contributed by atoms with Gasteiger partial charge in [0.25, 0.3) is 0 Å². The summed E-state index contributed by atoms with van der Waals surface area (Å²) in [5.74, 6) is -0.863. The van der Waals surface area contributed by atoms with E-state index in [1.165, 1.54) is 42.5 Å². The number of rotatable bonds is 14. The SMILES string of the molecule is Cc1cccc(N=C(S)Nc2nc(Cl)nc(Nc3ccc4c([O-])c(N=Nc5ccc(SOOCCOS(=O)(=O)O)cc5)c(S(=O)(=O)[O-])cc4c3)n2)c1.[Na+].[Na+]. The smallest absolute Gasteiger partial charge is 0.871 e. The zero-order chi connectivity index (χ0) is 37.5. The molecule has 0 unspecified atom stereocenters. The first-order chi connectivity index (χ1) is 24.6. The van der Waals surface area contributed by atoms with Crippen molar-refractivity contribution in [2.75, 3.05) is 23.8 Å². The van der Waals surface area contributed by atoms with Crippen LogP contribution in [0.4, 0.5) is 34.6 Å². The maximum absolute atomic E-state index is 13.4. The number of aliphatic imine (C=N–C) groups is 1. The molecule has 0 radical (unpaired) electrons. The molecule has 18 nitrogen and oxygen atoms in total. The maximum Gasteiger partial charge on any atom is 1.00 e. The molecule has 0 spiro atoms. The second-order valence-electron chi connectivity index (χ2n) is 10.1. The third kappa shape index (κ3) is 13.9. The van der Waals surface area contributed by atoms with E-state index in [0.29, 0.717) is 16.3 Å². The Balaban J connectivity index is 0.00000392. The van der Waals surface area contributed by atoms with Gasteiger partial charge in [-0.2, -0.15) is 32.8 Å². The maximum atomic E-state index is 13.4. The summed E-state index contributed by atoms with van der Waals surface area (Å²) in [7, 11) is -9.79. The Hall–Kier alpha value is -2.49.